The lowest BCUT2D eigenvalue weighted by molar-refractivity contribution is -0.117. The van der Waals surface area contributed by atoms with E-state index in [0.717, 1.165) is 4.90 Å². The fourth-order valence-corrected chi connectivity index (χ4v) is 2.60. The van der Waals surface area contributed by atoms with Gasteiger partial charge in [0.2, 0.25) is 5.91 Å². The molecule has 0 aliphatic carbocycles. The summed E-state index contributed by atoms with van der Waals surface area (Å²) in [5, 5.41) is 2.31. The van der Waals surface area contributed by atoms with Crippen LogP contribution in [0.1, 0.15) is 42.6 Å². The Morgan fingerprint density at radius 3 is 2.32 bits per heavy atom. The summed E-state index contributed by atoms with van der Waals surface area (Å²) in [5.41, 5.74) is 6.21. The maximum atomic E-state index is 12.4. The summed E-state index contributed by atoms with van der Waals surface area (Å²) >= 11 is 0. The van der Waals surface area contributed by atoms with Gasteiger partial charge in [0.1, 0.15) is 5.76 Å². The maximum Gasteiger partial charge on any atom is 0.287 e. The number of rotatable bonds is 5. The molecule has 8 nitrogen and oxygen atoms in total. The molecule has 0 spiro atoms. The summed E-state index contributed by atoms with van der Waals surface area (Å²) in [7, 11) is 0. The number of nitrogens with two attached hydrogens (primary N) is 1. The summed E-state index contributed by atoms with van der Waals surface area (Å²) in [5.74, 6) is -1.67. The molecule has 2 heterocycles. The van der Waals surface area contributed by atoms with E-state index < -0.39 is 11.8 Å². The minimum Gasteiger partial charge on any atom is -0.456 e. The number of fused-ring (bicyclic) bond motifs is 1. The lowest BCUT2D eigenvalue weighted by atomic mass is 10.1. The van der Waals surface area contributed by atoms with Gasteiger partial charge in [0.15, 0.2) is 5.76 Å². The van der Waals surface area contributed by atoms with Crippen LogP contribution in [0.4, 0.5) is 0 Å². The number of hydrogen-bond acceptors (Lipinski definition) is 5. The molecular formula is C17H15N3O5. The molecule has 1 aromatic heterocycles. The monoisotopic (exact) mass is 341 g/mol. The molecule has 0 radical (unpaired) electrons. The second-order valence-corrected chi connectivity index (χ2v) is 5.58. The zero-order chi connectivity index (χ0) is 18.1. The highest BCUT2D eigenvalue weighted by Gasteiger charge is 2.35. The number of benzene rings is 1. The van der Waals surface area contributed by atoms with Gasteiger partial charge >= 0.3 is 0 Å². The van der Waals surface area contributed by atoms with E-state index in [1.807, 2.05) is 0 Å². The van der Waals surface area contributed by atoms with Gasteiger partial charge in [0, 0.05) is 5.56 Å². The highest BCUT2D eigenvalue weighted by atomic mass is 16.3. The van der Waals surface area contributed by atoms with Crippen LogP contribution in [0.15, 0.2) is 34.7 Å². The van der Waals surface area contributed by atoms with Crippen molar-refractivity contribution < 1.29 is 23.6 Å². The molecular weight excluding hydrogens is 326 g/mol. The first-order valence-corrected chi connectivity index (χ1v) is 7.49. The number of nitrogens with one attached hydrogen (secondary N) is 1. The van der Waals surface area contributed by atoms with Crippen LogP contribution >= 0.6 is 0 Å². The highest BCUT2D eigenvalue weighted by Crippen LogP contribution is 2.26. The molecule has 25 heavy (non-hydrogen) atoms. The average molecular weight is 341 g/mol. The molecule has 8 heteroatoms. The fourth-order valence-electron chi connectivity index (χ4n) is 2.60. The van der Waals surface area contributed by atoms with Crippen molar-refractivity contribution in [2.45, 2.75) is 13.5 Å². The Balaban J connectivity index is 1.78. The zero-order valence-corrected chi connectivity index (χ0v) is 13.4. The Morgan fingerprint density at radius 1 is 1.16 bits per heavy atom. The fraction of sp³-hybridized carbons (Fsp3) is 0.176. The molecule has 0 fully saturated rings. The number of hydrogen-bond donors (Lipinski definition) is 2. The molecule has 128 valence electrons. The Kier molecular flexibility index (Phi) is 4.10. The Hall–Kier alpha value is -3.42. The third-order valence-electron chi connectivity index (χ3n) is 3.87. The molecule has 0 saturated carbocycles. The molecule has 0 bridgehead atoms. The lowest BCUT2D eigenvalue weighted by Crippen LogP contribution is -2.33. The molecule has 1 aliphatic heterocycles. The Morgan fingerprint density at radius 2 is 1.76 bits per heavy atom. The molecule has 2 aromatic rings. The summed E-state index contributed by atoms with van der Waals surface area (Å²) in [6.07, 6.45) is 0. The van der Waals surface area contributed by atoms with E-state index in [0.29, 0.717) is 22.5 Å². The number of carbonyl (C=O) groups is 4. The second-order valence-electron chi connectivity index (χ2n) is 5.58. The number of amides is 4. The lowest BCUT2D eigenvalue weighted by Gasteiger charge is -2.12. The van der Waals surface area contributed by atoms with Crippen LogP contribution in [0.5, 0.6) is 0 Å². The van der Waals surface area contributed by atoms with Crippen LogP contribution in [-0.4, -0.2) is 35.1 Å². The number of carbonyl (C=O) groups excluding carboxylic acids is 4. The van der Waals surface area contributed by atoms with Gasteiger partial charge < -0.3 is 15.5 Å². The van der Waals surface area contributed by atoms with Gasteiger partial charge in [-0.05, 0) is 25.1 Å². The van der Waals surface area contributed by atoms with Gasteiger partial charge in [-0.3, -0.25) is 24.1 Å². The maximum absolute atomic E-state index is 12.4. The topological polar surface area (TPSA) is 123 Å². The van der Waals surface area contributed by atoms with E-state index in [9.17, 15) is 19.2 Å². The highest BCUT2D eigenvalue weighted by molar-refractivity contribution is 6.21. The van der Waals surface area contributed by atoms with Gasteiger partial charge in [-0.15, -0.1) is 0 Å². The van der Waals surface area contributed by atoms with Gasteiger partial charge in [-0.2, -0.15) is 0 Å². The zero-order valence-electron chi connectivity index (χ0n) is 13.4. The summed E-state index contributed by atoms with van der Waals surface area (Å²) in [6.45, 7) is 1.30. The Labute approximate surface area is 142 Å². The van der Waals surface area contributed by atoms with Crippen LogP contribution in [0.25, 0.3) is 0 Å². The standard InChI is InChI=1S/C17H15N3O5/c1-9-10(6-13(25-9)15(22)19-7-14(18)21)8-20-16(23)11-4-2-3-5-12(11)17(20)24/h2-6H,7-8H2,1H3,(H2,18,21)(H,19,22). The van der Waals surface area contributed by atoms with Crippen molar-refractivity contribution in [1.29, 1.82) is 0 Å². The number of furan rings is 1. The van der Waals surface area contributed by atoms with Crippen molar-refractivity contribution in [2.75, 3.05) is 6.54 Å². The van der Waals surface area contributed by atoms with Crippen LogP contribution < -0.4 is 11.1 Å². The first-order valence-electron chi connectivity index (χ1n) is 7.49. The smallest absolute Gasteiger partial charge is 0.287 e. The SMILES string of the molecule is Cc1oc(C(=O)NCC(N)=O)cc1CN1C(=O)c2ccccc2C1=O. The third-order valence-corrected chi connectivity index (χ3v) is 3.87. The van der Waals surface area contributed by atoms with E-state index in [1.165, 1.54) is 6.07 Å². The number of nitrogens with zero attached hydrogens (tertiary/aromatic N) is 1. The van der Waals surface area contributed by atoms with Gasteiger partial charge in [-0.1, -0.05) is 12.1 Å². The summed E-state index contributed by atoms with van der Waals surface area (Å²) in [4.78, 5) is 48.5. The number of aryl methyl sites for hydroxylation is 1. The predicted molar refractivity (Wildman–Crippen MR) is 85.6 cm³/mol. The van der Waals surface area contributed by atoms with Crippen molar-refractivity contribution in [3.8, 4) is 0 Å². The first-order chi connectivity index (χ1) is 11.9. The minimum absolute atomic E-state index is 0.00915. The quantitative estimate of drug-likeness (QED) is 0.771. The molecule has 3 rings (SSSR count). The van der Waals surface area contributed by atoms with E-state index >= 15 is 0 Å². The third kappa shape index (κ3) is 3.01. The van der Waals surface area contributed by atoms with Crippen molar-refractivity contribution >= 4 is 23.6 Å². The Bertz CT molecular complexity index is 864. The molecule has 0 atom stereocenters. The molecule has 1 aliphatic rings. The van der Waals surface area contributed by atoms with Crippen LogP contribution in [0.2, 0.25) is 0 Å². The second kappa shape index (κ2) is 6.23. The van der Waals surface area contributed by atoms with E-state index in [1.54, 1.807) is 31.2 Å². The van der Waals surface area contributed by atoms with Crippen LogP contribution in [0.3, 0.4) is 0 Å². The number of imide groups is 1. The summed E-state index contributed by atoms with van der Waals surface area (Å²) in [6, 6.07) is 8.02. The largest absolute Gasteiger partial charge is 0.456 e. The van der Waals surface area contributed by atoms with Crippen LogP contribution in [0, 0.1) is 6.92 Å². The summed E-state index contributed by atoms with van der Waals surface area (Å²) < 4.78 is 5.35. The van der Waals surface area contributed by atoms with Gasteiger partial charge in [0.05, 0.1) is 24.2 Å². The normalized spacial score (nSPS) is 13.1. The van der Waals surface area contributed by atoms with E-state index in [2.05, 4.69) is 5.32 Å². The number of primary amides is 1. The van der Waals surface area contributed by atoms with Crippen molar-refractivity contribution in [2.24, 2.45) is 5.73 Å². The molecule has 1 aromatic carbocycles. The van der Waals surface area contributed by atoms with Gasteiger partial charge in [-0.25, -0.2) is 0 Å². The van der Waals surface area contributed by atoms with Crippen molar-refractivity contribution in [3.63, 3.8) is 0 Å². The van der Waals surface area contributed by atoms with Crippen molar-refractivity contribution in [1.82, 2.24) is 10.2 Å². The van der Waals surface area contributed by atoms with E-state index in [-0.39, 0.29) is 30.7 Å². The van der Waals surface area contributed by atoms with E-state index in [4.69, 9.17) is 10.2 Å². The average Bonchev–Trinajstić information content (AvgIpc) is 3.07. The van der Waals surface area contributed by atoms with Crippen molar-refractivity contribution in [3.05, 3.63) is 58.5 Å². The molecule has 3 N–H and O–H groups in total. The minimum atomic E-state index is -0.678. The first kappa shape index (κ1) is 16.4. The van der Waals surface area contributed by atoms with Crippen LogP contribution in [-0.2, 0) is 11.3 Å². The molecule has 0 unspecified atom stereocenters. The molecule has 0 saturated heterocycles. The van der Waals surface area contributed by atoms with Gasteiger partial charge in [0.25, 0.3) is 17.7 Å². The predicted octanol–water partition coefficient (Wildman–Crippen LogP) is 0.599. The molecule has 4 amide bonds.